The van der Waals surface area contributed by atoms with E-state index in [1.807, 2.05) is 0 Å². The number of hydrogen-bond acceptors (Lipinski definition) is 3. The fourth-order valence-corrected chi connectivity index (χ4v) is 1.40. The Morgan fingerprint density at radius 3 is 3.25 bits per heavy atom. The molecule has 2 atom stereocenters. The predicted molar refractivity (Wildman–Crippen MR) is 41.3 cm³/mol. The van der Waals surface area contributed by atoms with Crippen LogP contribution in [0.25, 0.3) is 0 Å². The van der Waals surface area contributed by atoms with Gasteiger partial charge in [0.15, 0.2) is 6.10 Å². The lowest BCUT2D eigenvalue weighted by atomic mass is 10.1. The number of rotatable bonds is 1. The smallest absolute Gasteiger partial charge is 0.344 e. The molecule has 2 aliphatic heterocycles. The van der Waals surface area contributed by atoms with Gasteiger partial charge in [-0.15, -0.1) is 0 Å². The van der Waals surface area contributed by atoms with Crippen molar-refractivity contribution in [2.24, 2.45) is 0 Å². The Hall–Kier alpha value is -1.45. The van der Waals surface area contributed by atoms with E-state index >= 15 is 0 Å². The molecule has 0 radical (unpaired) electrons. The van der Waals surface area contributed by atoms with Gasteiger partial charge in [0.25, 0.3) is 0 Å². The van der Waals surface area contributed by atoms with E-state index in [0.29, 0.717) is 6.42 Å². The van der Waals surface area contributed by atoms with Crippen LogP contribution in [0.1, 0.15) is 6.42 Å². The summed E-state index contributed by atoms with van der Waals surface area (Å²) in [6, 6.07) is 0.0519. The maximum Gasteiger partial charge on any atom is 0.344 e. The quantitative estimate of drug-likeness (QED) is 0.587. The molecule has 12 heavy (non-hydrogen) atoms. The highest BCUT2D eigenvalue weighted by atomic mass is 16.5. The van der Waals surface area contributed by atoms with Crippen LogP contribution in [-0.2, 0) is 9.53 Å². The van der Waals surface area contributed by atoms with Gasteiger partial charge in [-0.05, 0) is 18.4 Å². The molecule has 0 aliphatic carbocycles. The predicted octanol–water partition coefficient (Wildman–Crippen LogP) is 0.229. The topological polar surface area (TPSA) is 58.6 Å². The van der Waals surface area contributed by atoms with Gasteiger partial charge in [0.05, 0.1) is 6.04 Å². The maximum absolute atomic E-state index is 10.5. The molecule has 4 heteroatoms. The minimum absolute atomic E-state index is 0.0519. The number of carboxylic acid groups (broad SMARTS) is 1. The third-order valence-electron chi connectivity index (χ3n) is 2.00. The van der Waals surface area contributed by atoms with Crippen LogP contribution in [0.15, 0.2) is 24.1 Å². The molecule has 4 nitrogen and oxygen atoms in total. The first-order valence-corrected chi connectivity index (χ1v) is 3.79. The molecule has 64 valence electrons. The second kappa shape index (κ2) is 2.55. The molecule has 2 aliphatic rings. The Kier molecular flexibility index (Phi) is 1.53. The molecule has 2 N–H and O–H groups in total. The Balaban J connectivity index is 2.12. The average Bonchev–Trinajstić information content (AvgIpc) is 2.46. The van der Waals surface area contributed by atoms with Crippen molar-refractivity contribution >= 4 is 5.97 Å². The number of aliphatic carboxylic acids is 1. The Bertz CT molecular complexity index is 269. The number of allylic oxidation sites excluding steroid dienone is 2. The highest BCUT2D eigenvalue weighted by Gasteiger charge is 2.35. The highest BCUT2D eigenvalue weighted by Crippen LogP contribution is 2.25. The van der Waals surface area contributed by atoms with E-state index in [4.69, 9.17) is 9.84 Å². The number of fused-ring (bicyclic) bond motifs is 1. The normalized spacial score (nSPS) is 31.5. The molecule has 1 fully saturated rings. The van der Waals surface area contributed by atoms with Gasteiger partial charge in [0.1, 0.15) is 5.76 Å². The standard InChI is InChI=1S/C8H9NO3/c10-8(11)7-4-5-6(12-7)2-1-3-9-5/h1-3,5,7,9H,4H2,(H,10,11). The van der Waals surface area contributed by atoms with E-state index in [9.17, 15) is 4.79 Å². The summed E-state index contributed by atoms with van der Waals surface area (Å²) in [7, 11) is 0. The highest BCUT2D eigenvalue weighted by molar-refractivity contribution is 5.73. The van der Waals surface area contributed by atoms with Crippen molar-refractivity contribution in [3.8, 4) is 0 Å². The summed E-state index contributed by atoms with van der Waals surface area (Å²) in [4.78, 5) is 10.5. The molecule has 2 unspecified atom stereocenters. The third-order valence-corrected chi connectivity index (χ3v) is 2.00. The van der Waals surface area contributed by atoms with Crippen LogP contribution in [0.3, 0.4) is 0 Å². The van der Waals surface area contributed by atoms with Crippen molar-refractivity contribution in [3.05, 3.63) is 24.1 Å². The summed E-state index contributed by atoms with van der Waals surface area (Å²) in [6.45, 7) is 0. The van der Waals surface area contributed by atoms with E-state index in [1.54, 1.807) is 18.4 Å². The van der Waals surface area contributed by atoms with Gasteiger partial charge in [-0.3, -0.25) is 0 Å². The SMILES string of the molecule is O=C(O)C1CC2NC=CC=C2O1. The van der Waals surface area contributed by atoms with Crippen molar-refractivity contribution in [2.45, 2.75) is 18.6 Å². The van der Waals surface area contributed by atoms with Crippen LogP contribution in [0.5, 0.6) is 0 Å². The lowest BCUT2D eigenvalue weighted by Gasteiger charge is -2.12. The molecule has 2 heterocycles. The zero-order valence-corrected chi connectivity index (χ0v) is 6.36. The maximum atomic E-state index is 10.5. The van der Waals surface area contributed by atoms with Gasteiger partial charge in [-0.2, -0.15) is 0 Å². The molecular formula is C8H9NO3. The van der Waals surface area contributed by atoms with Crippen molar-refractivity contribution in [1.82, 2.24) is 5.32 Å². The van der Waals surface area contributed by atoms with Gasteiger partial charge < -0.3 is 15.2 Å². The van der Waals surface area contributed by atoms with Crippen molar-refractivity contribution in [3.63, 3.8) is 0 Å². The molecular weight excluding hydrogens is 158 g/mol. The number of nitrogens with one attached hydrogen (secondary N) is 1. The van der Waals surface area contributed by atoms with E-state index < -0.39 is 12.1 Å². The van der Waals surface area contributed by atoms with Crippen LogP contribution in [0.4, 0.5) is 0 Å². The van der Waals surface area contributed by atoms with E-state index in [2.05, 4.69) is 5.32 Å². The molecule has 0 amide bonds. The van der Waals surface area contributed by atoms with Crippen LogP contribution in [0.2, 0.25) is 0 Å². The lowest BCUT2D eigenvalue weighted by Crippen LogP contribution is -2.26. The van der Waals surface area contributed by atoms with Gasteiger partial charge in [-0.1, -0.05) is 0 Å². The molecule has 0 bridgehead atoms. The number of carbonyl (C=O) groups is 1. The summed E-state index contributed by atoms with van der Waals surface area (Å²) in [5.41, 5.74) is 0. The van der Waals surface area contributed by atoms with Crippen molar-refractivity contribution in [2.75, 3.05) is 0 Å². The fraction of sp³-hybridized carbons (Fsp3) is 0.375. The summed E-state index contributed by atoms with van der Waals surface area (Å²) in [5.74, 6) is -0.169. The monoisotopic (exact) mass is 167 g/mol. The summed E-state index contributed by atoms with van der Waals surface area (Å²) >= 11 is 0. The summed E-state index contributed by atoms with van der Waals surface area (Å²) in [6.07, 6.45) is 5.21. The number of hydrogen-bond donors (Lipinski definition) is 2. The van der Waals surface area contributed by atoms with Gasteiger partial charge in [0, 0.05) is 6.42 Å². The Labute approximate surface area is 69.5 Å². The second-order valence-electron chi connectivity index (χ2n) is 2.83. The van der Waals surface area contributed by atoms with Crippen LogP contribution < -0.4 is 5.32 Å². The number of dihydropyridines is 1. The van der Waals surface area contributed by atoms with E-state index in [0.717, 1.165) is 5.76 Å². The first-order valence-electron chi connectivity index (χ1n) is 3.79. The average molecular weight is 167 g/mol. The van der Waals surface area contributed by atoms with Gasteiger partial charge in [0.2, 0.25) is 0 Å². The molecule has 0 aromatic rings. The summed E-state index contributed by atoms with van der Waals surface area (Å²) < 4.78 is 5.17. The molecule has 2 rings (SSSR count). The number of carboxylic acids is 1. The van der Waals surface area contributed by atoms with Crippen LogP contribution >= 0.6 is 0 Å². The summed E-state index contributed by atoms with van der Waals surface area (Å²) in [5, 5.41) is 11.7. The second-order valence-corrected chi connectivity index (χ2v) is 2.83. The first kappa shape index (κ1) is 7.21. The van der Waals surface area contributed by atoms with Crippen molar-refractivity contribution in [1.29, 1.82) is 0 Å². The largest absolute Gasteiger partial charge is 0.481 e. The first-order chi connectivity index (χ1) is 5.77. The van der Waals surface area contributed by atoms with Crippen molar-refractivity contribution < 1.29 is 14.6 Å². The minimum Gasteiger partial charge on any atom is -0.481 e. The Morgan fingerprint density at radius 2 is 2.58 bits per heavy atom. The minimum atomic E-state index is -0.896. The van der Waals surface area contributed by atoms with Gasteiger partial charge in [-0.25, -0.2) is 4.79 Å². The van der Waals surface area contributed by atoms with E-state index in [-0.39, 0.29) is 6.04 Å². The Morgan fingerprint density at radius 1 is 1.75 bits per heavy atom. The van der Waals surface area contributed by atoms with Crippen LogP contribution in [0, 0.1) is 0 Å². The number of ether oxygens (including phenoxy) is 1. The molecule has 1 saturated heterocycles. The third kappa shape index (κ3) is 1.05. The van der Waals surface area contributed by atoms with Crippen LogP contribution in [-0.4, -0.2) is 23.2 Å². The molecule has 0 spiro atoms. The lowest BCUT2D eigenvalue weighted by molar-refractivity contribution is -0.146. The molecule has 0 saturated carbocycles. The molecule has 0 aromatic carbocycles. The molecule has 0 aromatic heterocycles. The zero-order chi connectivity index (χ0) is 8.55. The van der Waals surface area contributed by atoms with Gasteiger partial charge >= 0.3 is 5.97 Å². The van der Waals surface area contributed by atoms with E-state index in [1.165, 1.54) is 0 Å². The zero-order valence-electron chi connectivity index (χ0n) is 6.36. The fourth-order valence-electron chi connectivity index (χ4n) is 1.40.